The number of halogens is 1. The lowest BCUT2D eigenvalue weighted by Crippen LogP contribution is -2.44. The normalized spacial score (nSPS) is 17.0. The average molecular weight is 390 g/mol. The van der Waals surface area contributed by atoms with E-state index in [1.165, 1.54) is 6.07 Å². The zero-order valence-electron chi connectivity index (χ0n) is 15.8. The molecule has 4 aromatic rings. The van der Waals surface area contributed by atoms with E-state index in [1.54, 1.807) is 24.5 Å². The number of aromatic nitrogens is 5. The number of hydrogen-bond donors (Lipinski definition) is 1. The third kappa shape index (κ3) is 3.21. The van der Waals surface area contributed by atoms with Crippen LogP contribution in [-0.2, 0) is 4.74 Å². The Bertz CT molecular complexity index is 1160. The first-order valence-electron chi connectivity index (χ1n) is 9.47. The van der Waals surface area contributed by atoms with E-state index in [1.807, 2.05) is 18.2 Å². The van der Waals surface area contributed by atoms with E-state index >= 15 is 0 Å². The lowest BCUT2D eigenvalue weighted by atomic mass is 10.0. The summed E-state index contributed by atoms with van der Waals surface area (Å²) < 4.78 is 19.5. The Morgan fingerprint density at radius 1 is 1.17 bits per heavy atom. The Morgan fingerprint density at radius 2 is 2.10 bits per heavy atom. The smallest absolute Gasteiger partial charge is 0.213 e. The Balaban J connectivity index is 1.79. The summed E-state index contributed by atoms with van der Waals surface area (Å²) in [6, 6.07) is 10.7. The monoisotopic (exact) mass is 390 g/mol. The van der Waals surface area contributed by atoms with Gasteiger partial charge in [-0.2, -0.15) is 9.49 Å². The van der Waals surface area contributed by atoms with Crippen LogP contribution in [0, 0.1) is 5.95 Å². The van der Waals surface area contributed by atoms with Crippen LogP contribution in [0.3, 0.4) is 0 Å². The lowest BCUT2D eigenvalue weighted by molar-refractivity contribution is 0.0986. The summed E-state index contributed by atoms with van der Waals surface area (Å²) in [6.45, 7) is 4.10. The van der Waals surface area contributed by atoms with Gasteiger partial charge in [0.05, 0.1) is 30.6 Å². The molecule has 0 amide bonds. The average Bonchev–Trinajstić information content (AvgIpc) is 3.27. The summed E-state index contributed by atoms with van der Waals surface area (Å²) in [4.78, 5) is 15.8. The maximum absolute atomic E-state index is 13.9. The lowest BCUT2D eigenvalue weighted by Gasteiger charge is -2.34. The summed E-state index contributed by atoms with van der Waals surface area (Å²) >= 11 is 0. The number of aromatic amines is 1. The predicted molar refractivity (Wildman–Crippen MR) is 108 cm³/mol. The number of pyridine rings is 3. The molecule has 0 saturated carbocycles. The molecule has 5 rings (SSSR count). The van der Waals surface area contributed by atoms with Crippen LogP contribution >= 0.6 is 0 Å². The minimum absolute atomic E-state index is 0.175. The van der Waals surface area contributed by atoms with Gasteiger partial charge in [-0.05, 0) is 37.3 Å². The third-order valence-corrected chi connectivity index (χ3v) is 5.12. The number of morpholine rings is 1. The van der Waals surface area contributed by atoms with Crippen molar-refractivity contribution in [2.75, 3.05) is 24.7 Å². The fraction of sp³-hybridized carbons (Fsp3) is 0.238. The van der Waals surface area contributed by atoms with E-state index in [2.05, 4.69) is 32.0 Å². The SMILES string of the molecule is CC1COCCN1c1cc(-c2cccc(F)n2)c2ccnc(-c3ccn[nH]3)c2n1. The van der Waals surface area contributed by atoms with Crippen LogP contribution in [0.2, 0.25) is 0 Å². The summed E-state index contributed by atoms with van der Waals surface area (Å²) in [5.41, 5.74) is 3.55. The molecule has 1 saturated heterocycles. The molecule has 29 heavy (non-hydrogen) atoms. The highest BCUT2D eigenvalue weighted by atomic mass is 19.1. The molecule has 1 fully saturated rings. The van der Waals surface area contributed by atoms with Crippen molar-refractivity contribution in [1.29, 1.82) is 0 Å². The Kier molecular flexibility index (Phi) is 4.40. The van der Waals surface area contributed by atoms with Gasteiger partial charge >= 0.3 is 0 Å². The van der Waals surface area contributed by atoms with Crippen LogP contribution in [0.15, 0.2) is 48.8 Å². The quantitative estimate of drug-likeness (QED) is 0.540. The molecule has 1 atom stereocenters. The standard InChI is InChI=1S/C21H19FN6O/c1-13-12-29-10-9-28(13)19-11-15(16-3-2-4-18(22)25-16)14-5-7-23-21(20(14)26-19)17-6-8-24-27-17/h2-8,11,13H,9-10,12H2,1H3,(H,24,27). The van der Waals surface area contributed by atoms with E-state index in [9.17, 15) is 4.39 Å². The molecule has 1 unspecified atom stereocenters. The summed E-state index contributed by atoms with van der Waals surface area (Å²) in [5, 5.41) is 7.85. The molecule has 1 aliphatic rings. The number of H-pyrrole nitrogens is 1. The molecule has 0 aliphatic carbocycles. The summed E-state index contributed by atoms with van der Waals surface area (Å²) in [5.74, 6) is 0.278. The van der Waals surface area contributed by atoms with Gasteiger partial charge in [-0.3, -0.25) is 10.1 Å². The molecule has 0 bridgehead atoms. The van der Waals surface area contributed by atoms with Crippen molar-refractivity contribution in [2.24, 2.45) is 0 Å². The molecule has 0 spiro atoms. The van der Waals surface area contributed by atoms with Crippen LogP contribution in [0.25, 0.3) is 33.5 Å². The van der Waals surface area contributed by atoms with E-state index in [0.717, 1.165) is 29.0 Å². The molecule has 4 aromatic heterocycles. The van der Waals surface area contributed by atoms with Gasteiger partial charge in [-0.25, -0.2) is 9.97 Å². The van der Waals surface area contributed by atoms with Crippen LogP contribution in [0.1, 0.15) is 6.92 Å². The van der Waals surface area contributed by atoms with Crippen molar-refractivity contribution in [1.82, 2.24) is 25.1 Å². The number of nitrogens with one attached hydrogen (secondary N) is 1. The number of rotatable bonds is 3. The van der Waals surface area contributed by atoms with E-state index < -0.39 is 5.95 Å². The largest absolute Gasteiger partial charge is 0.377 e. The fourth-order valence-electron chi connectivity index (χ4n) is 3.71. The van der Waals surface area contributed by atoms with E-state index in [-0.39, 0.29) is 6.04 Å². The first-order chi connectivity index (χ1) is 14.2. The number of fused-ring (bicyclic) bond motifs is 1. The highest BCUT2D eigenvalue weighted by molar-refractivity contribution is 6.00. The molecule has 5 heterocycles. The maximum Gasteiger partial charge on any atom is 0.213 e. The van der Waals surface area contributed by atoms with E-state index in [0.29, 0.717) is 30.1 Å². The highest BCUT2D eigenvalue weighted by Gasteiger charge is 2.23. The van der Waals surface area contributed by atoms with Gasteiger partial charge in [0.15, 0.2) is 0 Å². The molecule has 1 N–H and O–H groups in total. The van der Waals surface area contributed by atoms with Gasteiger partial charge in [0, 0.05) is 29.9 Å². The molecule has 0 radical (unpaired) electrons. The zero-order chi connectivity index (χ0) is 19.8. The second kappa shape index (κ2) is 7.21. The Hall–Kier alpha value is -3.39. The fourth-order valence-corrected chi connectivity index (χ4v) is 3.71. The molecule has 146 valence electrons. The second-order valence-corrected chi connectivity index (χ2v) is 7.02. The van der Waals surface area contributed by atoms with Crippen LogP contribution in [0.4, 0.5) is 10.2 Å². The third-order valence-electron chi connectivity index (χ3n) is 5.12. The van der Waals surface area contributed by atoms with Crippen molar-refractivity contribution in [2.45, 2.75) is 13.0 Å². The molecule has 1 aliphatic heterocycles. The summed E-state index contributed by atoms with van der Waals surface area (Å²) in [6.07, 6.45) is 3.40. The predicted octanol–water partition coefficient (Wildman–Crippen LogP) is 3.45. The molecule has 0 aromatic carbocycles. The van der Waals surface area contributed by atoms with Gasteiger partial charge in [0.2, 0.25) is 5.95 Å². The minimum Gasteiger partial charge on any atom is -0.377 e. The highest BCUT2D eigenvalue weighted by Crippen LogP contribution is 2.34. The first kappa shape index (κ1) is 17.7. The van der Waals surface area contributed by atoms with Crippen molar-refractivity contribution < 1.29 is 9.13 Å². The second-order valence-electron chi connectivity index (χ2n) is 7.02. The van der Waals surface area contributed by atoms with Gasteiger partial charge in [0.25, 0.3) is 0 Å². The van der Waals surface area contributed by atoms with Gasteiger partial charge < -0.3 is 9.64 Å². The summed E-state index contributed by atoms with van der Waals surface area (Å²) in [7, 11) is 0. The number of nitrogens with zero attached hydrogens (tertiary/aromatic N) is 5. The molecular formula is C21H19FN6O. The van der Waals surface area contributed by atoms with Crippen LogP contribution < -0.4 is 4.90 Å². The Labute approximate surface area is 166 Å². The van der Waals surface area contributed by atoms with Crippen LogP contribution in [-0.4, -0.2) is 50.9 Å². The van der Waals surface area contributed by atoms with Crippen molar-refractivity contribution >= 4 is 16.7 Å². The molecule has 7 nitrogen and oxygen atoms in total. The molecule has 8 heteroatoms. The van der Waals surface area contributed by atoms with Crippen molar-refractivity contribution in [3.63, 3.8) is 0 Å². The Morgan fingerprint density at radius 3 is 2.90 bits per heavy atom. The zero-order valence-corrected chi connectivity index (χ0v) is 15.8. The maximum atomic E-state index is 13.9. The molecular weight excluding hydrogens is 371 g/mol. The number of hydrogen-bond acceptors (Lipinski definition) is 6. The minimum atomic E-state index is -0.517. The van der Waals surface area contributed by atoms with Crippen LogP contribution in [0.5, 0.6) is 0 Å². The van der Waals surface area contributed by atoms with Gasteiger partial charge in [-0.15, -0.1) is 0 Å². The topological polar surface area (TPSA) is 79.8 Å². The van der Waals surface area contributed by atoms with Crippen molar-refractivity contribution in [3.8, 4) is 22.6 Å². The first-order valence-corrected chi connectivity index (χ1v) is 9.47. The van der Waals surface area contributed by atoms with E-state index in [4.69, 9.17) is 9.72 Å². The van der Waals surface area contributed by atoms with Gasteiger partial charge in [-0.1, -0.05) is 6.07 Å². The van der Waals surface area contributed by atoms with Gasteiger partial charge in [0.1, 0.15) is 17.0 Å². The van der Waals surface area contributed by atoms with Crippen molar-refractivity contribution in [3.05, 3.63) is 54.7 Å². The number of anilines is 1. The number of ether oxygens (including phenoxy) is 1.